The maximum absolute atomic E-state index is 13.0. The Morgan fingerprint density at radius 2 is 1.88 bits per heavy atom. The van der Waals surface area contributed by atoms with Crippen molar-refractivity contribution in [3.05, 3.63) is 63.6 Å². The van der Waals surface area contributed by atoms with Crippen LogP contribution in [0.5, 0.6) is 0 Å². The topological polar surface area (TPSA) is 92.8 Å². The van der Waals surface area contributed by atoms with Gasteiger partial charge in [-0.1, -0.05) is 42.6 Å². The molecule has 0 aliphatic carbocycles. The molecule has 1 saturated heterocycles. The van der Waals surface area contributed by atoms with E-state index in [0.717, 1.165) is 12.8 Å². The summed E-state index contributed by atoms with van der Waals surface area (Å²) in [6, 6.07) is 11.2. The Kier molecular flexibility index (Phi) is 9.36. The van der Waals surface area contributed by atoms with Gasteiger partial charge in [0.05, 0.1) is 23.8 Å². The number of ether oxygens (including phenoxy) is 1. The predicted molar refractivity (Wildman–Crippen MR) is 134 cm³/mol. The van der Waals surface area contributed by atoms with Gasteiger partial charge in [0.25, 0.3) is 0 Å². The quantitative estimate of drug-likeness (QED) is 0.361. The highest BCUT2D eigenvalue weighted by molar-refractivity contribution is 7.88. The summed E-state index contributed by atoms with van der Waals surface area (Å²) in [5.74, 6) is -1.40. The van der Waals surface area contributed by atoms with Crippen molar-refractivity contribution in [3.63, 3.8) is 0 Å². The lowest BCUT2D eigenvalue weighted by Gasteiger charge is -2.31. The number of piperidine rings is 1. The first-order valence-electron chi connectivity index (χ1n) is 11.2. The Bertz CT molecular complexity index is 1120. The molecule has 0 unspecified atom stereocenters. The van der Waals surface area contributed by atoms with Crippen LogP contribution < -0.4 is 5.32 Å². The number of rotatable bonds is 9. The second kappa shape index (κ2) is 12.0. The lowest BCUT2D eigenvalue weighted by atomic mass is 9.98. The third-order valence-electron chi connectivity index (χ3n) is 5.62. The minimum atomic E-state index is -3.66. The van der Waals surface area contributed by atoms with Crippen LogP contribution >= 0.6 is 23.2 Å². The molecule has 10 heteroatoms. The normalized spacial score (nSPS) is 16.7. The van der Waals surface area contributed by atoms with Crippen LogP contribution in [0.25, 0.3) is 0 Å². The summed E-state index contributed by atoms with van der Waals surface area (Å²) in [7, 11) is -3.66. The van der Waals surface area contributed by atoms with Gasteiger partial charge in [0.15, 0.2) is 0 Å². The van der Waals surface area contributed by atoms with Gasteiger partial charge >= 0.3 is 5.97 Å². The van der Waals surface area contributed by atoms with Gasteiger partial charge in [0.2, 0.25) is 15.9 Å². The van der Waals surface area contributed by atoms with Crippen molar-refractivity contribution in [1.29, 1.82) is 0 Å². The monoisotopic (exact) mass is 526 g/mol. The molecule has 1 amide bonds. The van der Waals surface area contributed by atoms with Crippen LogP contribution in [0.3, 0.4) is 0 Å². The number of nitrogens with zero attached hydrogens (tertiary/aromatic N) is 1. The van der Waals surface area contributed by atoms with E-state index in [-0.39, 0.29) is 18.2 Å². The van der Waals surface area contributed by atoms with Crippen LogP contribution in [0, 0.1) is 5.92 Å². The maximum atomic E-state index is 13.0. The molecule has 1 fully saturated rings. The number of unbranched alkanes of at least 4 members (excludes halogenated alkanes) is 1. The Morgan fingerprint density at radius 3 is 2.56 bits per heavy atom. The van der Waals surface area contributed by atoms with Gasteiger partial charge in [0.1, 0.15) is 0 Å². The lowest BCUT2D eigenvalue weighted by Crippen LogP contribution is -2.44. The SMILES string of the molecule is CCCCOC(=O)c1ccc(NC(=O)[C@H]2CCCN(S(=O)(=O)Cc3ccc(Cl)cc3Cl)C2)cc1. The van der Waals surface area contributed by atoms with Crippen molar-refractivity contribution in [2.24, 2.45) is 5.92 Å². The molecule has 3 rings (SSSR count). The van der Waals surface area contributed by atoms with Gasteiger partial charge in [-0.2, -0.15) is 0 Å². The smallest absolute Gasteiger partial charge is 0.338 e. The number of anilines is 1. The molecule has 1 aliphatic heterocycles. The zero-order chi connectivity index (χ0) is 24.7. The molecule has 1 heterocycles. The van der Waals surface area contributed by atoms with E-state index in [1.807, 2.05) is 6.92 Å². The minimum Gasteiger partial charge on any atom is -0.462 e. The fourth-order valence-corrected chi connectivity index (χ4v) is 5.86. The van der Waals surface area contributed by atoms with E-state index in [0.29, 0.717) is 52.9 Å². The van der Waals surface area contributed by atoms with Gasteiger partial charge < -0.3 is 10.1 Å². The van der Waals surface area contributed by atoms with Crippen molar-refractivity contribution in [3.8, 4) is 0 Å². The first-order chi connectivity index (χ1) is 16.2. The van der Waals surface area contributed by atoms with E-state index < -0.39 is 21.9 Å². The fraction of sp³-hybridized carbons (Fsp3) is 0.417. The van der Waals surface area contributed by atoms with Crippen molar-refractivity contribution >= 4 is 50.8 Å². The highest BCUT2D eigenvalue weighted by atomic mass is 35.5. The van der Waals surface area contributed by atoms with Gasteiger partial charge in [-0.25, -0.2) is 17.5 Å². The van der Waals surface area contributed by atoms with Crippen molar-refractivity contribution in [2.45, 2.75) is 38.4 Å². The van der Waals surface area contributed by atoms with Gasteiger partial charge in [0, 0.05) is 28.8 Å². The Hall–Kier alpha value is -2.13. The van der Waals surface area contributed by atoms with Crippen molar-refractivity contribution in [2.75, 3.05) is 25.0 Å². The molecular formula is C24H28Cl2N2O5S. The molecule has 184 valence electrons. The minimum absolute atomic E-state index is 0.0984. The van der Waals surface area contributed by atoms with Crippen molar-refractivity contribution in [1.82, 2.24) is 4.31 Å². The maximum Gasteiger partial charge on any atom is 0.338 e. The first-order valence-corrected chi connectivity index (χ1v) is 13.6. The zero-order valence-electron chi connectivity index (χ0n) is 18.9. The number of hydrogen-bond acceptors (Lipinski definition) is 5. The van der Waals surface area contributed by atoms with E-state index in [9.17, 15) is 18.0 Å². The number of carbonyl (C=O) groups excluding carboxylic acids is 2. The number of hydrogen-bond donors (Lipinski definition) is 1. The Morgan fingerprint density at radius 1 is 1.15 bits per heavy atom. The first kappa shape index (κ1) is 26.5. The number of halogens is 2. The van der Waals surface area contributed by atoms with E-state index in [2.05, 4.69) is 5.32 Å². The standard InChI is InChI=1S/C24H28Cl2N2O5S/c1-2-3-13-33-24(30)17-7-10-21(11-8-17)27-23(29)18-5-4-12-28(15-18)34(31,32)16-19-6-9-20(25)14-22(19)26/h6-11,14,18H,2-5,12-13,15-16H2,1H3,(H,27,29)/t18-/m0/s1. The summed E-state index contributed by atoms with van der Waals surface area (Å²) in [6.07, 6.45) is 2.91. The molecule has 1 aliphatic rings. The third kappa shape index (κ3) is 7.18. The van der Waals surface area contributed by atoms with E-state index >= 15 is 0 Å². The van der Waals surface area contributed by atoms with Crippen LogP contribution in [0.15, 0.2) is 42.5 Å². The van der Waals surface area contributed by atoms with E-state index in [4.69, 9.17) is 27.9 Å². The largest absolute Gasteiger partial charge is 0.462 e. The Labute approximate surface area is 210 Å². The summed E-state index contributed by atoms with van der Waals surface area (Å²) in [6.45, 7) is 2.84. The van der Waals surface area contributed by atoms with Gasteiger partial charge in [-0.15, -0.1) is 0 Å². The Balaban J connectivity index is 1.59. The summed E-state index contributed by atoms with van der Waals surface area (Å²) in [5, 5.41) is 3.54. The molecule has 1 N–H and O–H groups in total. The molecule has 1 atom stereocenters. The molecule has 0 aromatic heterocycles. The fourth-order valence-electron chi connectivity index (χ4n) is 3.66. The summed E-state index contributed by atoms with van der Waals surface area (Å²) in [5.41, 5.74) is 1.40. The van der Waals surface area contributed by atoms with Gasteiger partial charge in [-0.3, -0.25) is 4.79 Å². The van der Waals surface area contributed by atoms with Crippen LogP contribution in [0.1, 0.15) is 48.5 Å². The molecule has 0 saturated carbocycles. The predicted octanol–water partition coefficient (Wildman–Crippen LogP) is 5.13. The molecule has 0 bridgehead atoms. The molecule has 34 heavy (non-hydrogen) atoms. The summed E-state index contributed by atoms with van der Waals surface area (Å²) >= 11 is 12.0. The van der Waals surface area contributed by atoms with E-state index in [1.165, 1.54) is 10.4 Å². The molecule has 0 spiro atoms. The van der Waals surface area contributed by atoms with Crippen molar-refractivity contribution < 1.29 is 22.7 Å². The van der Waals surface area contributed by atoms with E-state index in [1.54, 1.807) is 36.4 Å². The number of esters is 1. The molecule has 2 aromatic rings. The van der Waals surface area contributed by atoms with Crippen LogP contribution in [0.4, 0.5) is 5.69 Å². The third-order valence-corrected chi connectivity index (χ3v) is 8.00. The van der Waals surface area contributed by atoms with Crippen LogP contribution in [-0.4, -0.2) is 44.3 Å². The lowest BCUT2D eigenvalue weighted by molar-refractivity contribution is -0.120. The highest BCUT2D eigenvalue weighted by Gasteiger charge is 2.32. The average Bonchev–Trinajstić information content (AvgIpc) is 2.81. The summed E-state index contributed by atoms with van der Waals surface area (Å²) in [4.78, 5) is 24.8. The molecular weight excluding hydrogens is 499 g/mol. The number of sulfonamides is 1. The number of nitrogens with one attached hydrogen (secondary N) is 1. The molecule has 2 aromatic carbocycles. The number of carbonyl (C=O) groups is 2. The number of benzene rings is 2. The second-order valence-corrected chi connectivity index (χ2v) is 11.1. The highest BCUT2D eigenvalue weighted by Crippen LogP contribution is 2.27. The zero-order valence-corrected chi connectivity index (χ0v) is 21.3. The summed E-state index contributed by atoms with van der Waals surface area (Å²) < 4.78 is 32.5. The molecule has 7 nitrogen and oxygen atoms in total. The molecule has 0 radical (unpaired) electrons. The average molecular weight is 527 g/mol. The van der Waals surface area contributed by atoms with Gasteiger partial charge in [-0.05, 0) is 61.2 Å². The number of amides is 1. The second-order valence-electron chi connectivity index (χ2n) is 8.25. The van der Waals surface area contributed by atoms with Crippen LogP contribution in [0.2, 0.25) is 10.0 Å². The van der Waals surface area contributed by atoms with Crippen LogP contribution in [-0.2, 0) is 25.3 Å².